The lowest BCUT2D eigenvalue weighted by molar-refractivity contribution is 0.589. The van der Waals surface area contributed by atoms with Gasteiger partial charge in [-0.25, -0.2) is 4.39 Å². The third kappa shape index (κ3) is 3.52. The maximum Gasteiger partial charge on any atom is 0.146 e. The standard InChI is InChI=1S/C14H14ClFN2/c15-13-3-1-2-12(14(13)16)10-18-9-6-11-4-7-17-8-5-11/h1-5,7-8,18H,6,9-10H2. The summed E-state index contributed by atoms with van der Waals surface area (Å²) >= 11 is 5.71. The van der Waals surface area contributed by atoms with Gasteiger partial charge in [-0.1, -0.05) is 23.7 Å². The monoisotopic (exact) mass is 264 g/mol. The molecule has 0 bridgehead atoms. The van der Waals surface area contributed by atoms with E-state index < -0.39 is 0 Å². The fourth-order valence-electron chi connectivity index (χ4n) is 1.69. The molecule has 1 heterocycles. The average molecular weight is 265 g/mol. The van der Waals surface area contributed by atoms with Crippen molar-refractivity contribution < 1.29 is 4.39 Å². The summed E-state index contributed by atoms with van der Waals surface area (Å²) < 4.78 is 13.6. The molecule has 0 aliphatic rings. The van der Waals surface area contributed by atoms with Crippen LogP contribution in [0.5, 0.6) is 0 Å². The van der Waals surface area contributed by atoms with Gasteiger partial charge in [0, 0.05) is 24.5 Å². The molecular formula is C14H14ClFN2. The zero-order valence-corrected chi connectivity index (χ0v) is 10.6. The Morgan fingerprint density at radius 3 is 2.72 bits per heavy atom. The molecule has 1 aromatic carbocycles. The molecule has 18 heavy (non-hydrogen) atoms. The predicted molar refractivity (Wildman–Crippen MR) is 71.1 cm³/mol. The van der Waals surface area contributed by atoms with E-state index in [0.717, 1.165) is 13.0 Å². The molecule has 4 heteroatoms. The average Bonchev–Trinajstić information content (AvgIpc) is 2.40. The van der Waals surface area contributed by atoms with Gasteiger partial charge in [-0.3, -0.25) is 4.98 Å². The summed E-state index contributed by atoms with van der Waals surface area (Å²) in [7, 11) is 0. The van der Waals surface area contributed by atoms with E-state index in [-0.39, 0.29) is 10.8 Å². The molecule has 1 aromatic heterocycles. The molecule has 0 fully saturated rings. The molecule has 0 spiro atoms. The zero-order chi connectivity index (χ0) is 12.8. The molecule has 0 amide bonds. The highest BCUT2D eigenvalue weighted by atomic mass is 35.5. The lowest BCUT2D eigenvalue weighted by atomic mass is 10.2. The molecule has 2 nitrogen and oxygen atoms in total. The minimum atomic E-state index is -0.337. The first-order valence-electron chi connectivity index (χ1n) is 5.80. The summed E-state index contributed by atoms with van der Waals surface area (Å²) in [4.78, 5) is 3.96. The lowest BCUT2D eigenvalue weighted by Crippen LogP contribution is -2.17. The highest BCUT2D eigenvalue weighted by Gasteiger charge is 2.04. The number of pyridine rings is 1. The van der Waals surface area contributed by atoms with Crippen molar-refractivity contribution in [1.29, 1.82) is 0 Å². The Morgan fingerprint density at radius 2 is 1.94 bits per heavy atom. The number of hydrogen-bond acceptors (Lipinski definition) is 2. The molecule has 0 aliphatic carbocycles. The maximum absolute atomic E-state index is 13.6. The molecule has 0 saturated carbocycles. The minimum Gasteiger partial charge on any atom is -0.312 e. The predicted octanol–water partition coefficient (Wildman–Crippen LogP) is 3.21. The largest absolute Gasteiger partial charge is 0.312 e. The maximum atomic E-state index is 13.6. The van der Waals surface area contributed by atoms with Crippen LogP contribution in [0.25, 0.3) is 0 Å². The van der Waals surface area contributed by atoms with Gasteiger partial charge in [0.1, 0.15) is 5.82 Å². The summed E-state index contributed by atoms with van der Waals surface area (Å²) in [6.45, 7) is 1.27. The van der Waals surface area contributed by atoms with Crippen LogP contribution in [0.4, 0.5) is 4.39 Å². The van der Waals surface area contributed by atoms with E-state index in [9.17, 15) is 4.39 Å². The third-order valence-electron chi connectivity index (χ3n) is 2.69. The number of benzene rings is 1. The second-order valence-corrected chi connectivity index (χ2v) is 4.40. The van der Waals surface area contributed by atoms with E-state index in [1.54, 1.807) is 30.6 Å². The van der Waals surface area contributed by atoms with Crippen LogP contribution in [-0.4, -0.2) is 11.5 Å². The van der Waals surface area contributed by atoms with Crippen LogP contribution in [0.1, 0.15) is 11.1 Å². The SMILES string of the molecule is Fc1c(Cl)cccc1CNCCc1ccncc1. The smallest absolute Gasteiger partial charge is 0.146 e. The van der Waals surface area contributed by atoms with Crippen LogP contribution in [0.15, 0.2) is 42.7 Å². The van der Waals surface area contributed by atoms with Crippen molar-refractivity contribution in [3.63, 3.8) is 0 Å². The van der Waals surface area contributed by atoms with E-state index >= 15 is 0 Å². The zero-order valence-electron chi connectivity index (χ0n) is 9.87. The van der Waals surface area contributed by atoms with Crippen molar-refractivity contribution in [2.45, 2.75) is 13.0 Å². The van der Waals surface area contributed by atoms with Crippen LogP contribution in [0, 0.1) is 5.82 Å². The summed E-state index contributed by atoms with van der Waals surface area (Å²) in [5.74, 6) is -0.337. The Labute approximate surface area is 111 Å². The lowest BCUT2D eigenvalue weighted by Gasteiger charge is -2.06. The van der Waals surface area contributed by atoms with Crippen molar-refractivity contribution in [3.05, 3.63) is 64.7 Å². The molecule has 2 aromatic rings. The Balaban J connectivity index is 1.81. The summed E-state index contributed by atoms with van der Waals surface area (Å²) in [5.41, 5.74) is 1.81. The van der Waals surface area contributed by atoms with Crippen LogP contribution in [-0.2, 0) is 13.0 Å². The number of nitrogens with one attached hydrogen (secondary N) is 1. The highest BCUT2D eigenvalue weighted by Crippen LogP contribution is 2.17. The molecular weight excluding hydrogens is 251 g/mol. The van der Waals surface area contributed by atoms with E-state index in [0.29, 0.717) is 12.1 Å². The Kier molecular flexibility index (Phi) is 4.67. The van der Waals surface area contributed by atoms with Gasteiger partial charge < -0.3 is 5.32 Å². The number of hydrogen-bond donors (Lipinski definition) is 1. The minimum absolute atomic E-state index is 0.170. The van der Waals surface area contributed by atoms with Crippen molar-refractivity contribution in [1.82, 2.24) is 10.3 Å². The molecule has 0 unspecified atom stereocenters. The van der Waals surface area contributed by atoms with Crippen LogP contribution >= 0.6 is 11.6 Å². The van der Waals surface area contributed by atoms with Gasteiger partial charge in [-0.05, 0) is 36.7 Å². The molecule has 2 rings (SSSR count). The molecule has 0 radical (unpaired) electrons. The Hall–Kier alpha value is -1.45. The number of halogens is 2. The van der Waals surface area contributed by atoms with Crippen LogP contribution < -0.4 is 5.32 Å². The summed E-state index contributed by atoms with van der Waals surface area (Å²) in [5, 5.41) is 3.37. The van der Waals surface area contributed by atoms with Crippen molar-refractivity contribution in [2.75, 3.05) is 6.54 Å². The molecule has 94 valence electrons. The first-order valence-corrected chi connectivity index (χ1v) is 6.17. The van der Waals surface area contributed by atoms with Crippen molar-refractivity contribution in [3.8, 4) is 0 Å². The summed E-state index contributed by atoms with van der Waals surface area (Å²) in [6, 6.07) is 8.99. The van der Waals surface area contributed by atoms with Gasteiger partial charge in [-0.15, -0.1) is 0 Å². The molecule has 0 aliphatic heterocycles. The third-order valence-corrected chi connectivity index (χ3v) is 2.98. The Bertz CT molecular complexity index is 502. The topological polar surface area (TPSA) is 24.9 Å². The molecule has 1 N–H and O–H groups in total. The fraction of sp³-hybridized carbons (Fsp3) is 0.214. The van der Waals surface area contributed by atoms with Gasteiger partial charge in [-0.2, -0.15) is 0 Å². The van der Waals surface area contributed by atoms with Crippen molar-refractivity contribution in [2.24, 2.45) is 0 Å². The fourth-order valence-corrected chi connectivity index (χ4v) is 1.88. The molecule has 0 saturated heterocycles. The number of aromatic nitrogens is 1. The normalized spacial score (nSPS) is 10.6. The quantitative estimate of drug-likeness (QED) is 0.839. The summed E-state index contributed by atoms with van der Waals surface area (Å²) in [6.07, 6.45) is 4.43. The van der Waals surface area contributed by atoms with Crippen LogP contribution in [0.2, 0.25) is 5.02 Å². The number of rotatable bonds is 5. The Morgan fingerprint density at radius 1 is 1.17 bits per heavy atom. The van der Waals surface area contributed by atoms with Gasteiger partial charge in [0.2, 0.25) is 0 Å². The van der Waals surface area contributed by atoms with Crippen LogP contribution in [0.3, 0.4) is 0 Å². The second kappa shape index (κ2) is 6.47. The first kappa shape index (κ1) is 13.0. The van der Waals surface area contributed by atoms with Gasteiger partial charge in [0.25, 0.3) is 0 Å². The first-order chi connectivity index (χ1) is 8.77. The van der Waals surface area contributed by atoms with E-state index in [1.165, 1.54) is 5.56 Å². The van der Waals surface area contributed by atoms with E-state index in [2.05, 4.69) is 10.3 Å². The van der Waals surface area contributed by atoms with Crippen molar-refractivity contribution >= 4 is 11.6 Å². The number of nitrogens with zero attached hydrogens (tertiary/aromatic N) is 1. The van der Waals surface area contributed by atoms with E-state index in [4.69, 9.17) is 11.6 Å². The van der Waals surface area contributed by atoms with E-state index in [1.807, 2.05) is 12.1 Å². The van der Waals surface area contributed by atoms with Gasteiger partial charge >= 0.3 is 0 Å². The highest BCUT2D eigenvalue weighted by molar-refractivity contribution is 6.30. The van der Waals surface area contributed by atoms with Gasteiger partial charge in [0.05, 0.1) is 5.02 Å². The molecule has 0 atom stereocenters. The van der Waals surface area contributed by atoms with Gasteiger partial charge in [0.15, 0.2) is 0 Å². The second-order valence-electron chi connectivity index (χ2n) is 4.00.